The Hall–Kier alpha value is 0.270. The van der Waals surface area contributed by atoms with Crippen molar-refractivity contribution in [3.63, 3.8) is 0 Å². The molecule has 1 fully saturated rings. The van der Waals surface area contributed by atoms with Gasteiger partial charge in [-0.2, -0.15) is 11.8 Å². The quantitative estimate of drug-likeness (QED) is 0.716. The van der Waals surface area contributed by atoms with Gasteiger partial charge in [-0.3, -0.25) is 0 Å². The van der Waals surface area contributed by atoms with Gasteiger partial charge in [0.1, 0.15) is 0 Å². The van der Waals surface area contributed by atoms with Crippen molar-refractivity contribution in [2.75, 3.05) is 12.8 Å². The summed E-state index contributed by atoms with van der Waals surface area (Å²) in [6.45, 7) is 0.743. The average molecular weight is 203 g/mol. The first kappa shape index (κ1) is 11.3. The van der Waals surface area contributed by atoms with Crippen LogP contribution in [0.2, 0.25) is 0 Å². The summed E-state index contributed by atoms with van der Waals surface area (Å²) in [5.41, 5.74) is 5.10. The van der Waals surface area contributed by atoms with E-state index in [9.17, 15) is 5.11 Å². The van der Waals surface area contributed by atoms with Crippen LogP contribution in [-0.4, -0.2) is 28.8 Å². The SMILES string of the molecule is CSC(CCCN)C1(O)CCCC1. The summed E-state index contributed by atoms with van der Waals surface area (Å²) in [4.78, 5) is 0. The van der Waals surface area contributed by atoms with Gasteiger partial charge < -0.3 is 10.8 Å². The lowest BCUT2D eigenvalue weighted by atomic mass is 9.94. The fourth-order valence-corrected chi connectivity index (χ4v) is 3.30. The third kappa shape index (κ3) is 2.86. The van der Waals surface area contributed by atoms with E-state index in [4.69, 9.17) is 5.73 Å². The summed E-state index contributed by atoms with van der Waals surface area (Å²) < 4.78 is 0. The highest BCUT2D eigenvalue weighted by Gasteiger charge is 2.38. The van der Waals surface area contributed by atoms with Crippen molar-refractivity contribution in [1.29, 1.82) is 0 Å². The van der Waals surface area contributed by atoms with Crippen molar-refractivity contribution in [1.82, 2.24) is 0 Å². The minimum atomic E-state index is -0.380. The van der Waals surface area contributed by atoms with Crippen molar-refractivity contribution in [2.24, 2.45) is 5.73 Å². The Morgan fingerprint density at radius 3 is 2.54 bits per heavy atom. The van der Waals surface area contributed by atoms with Crippen molar-refractivity contribution in [3.05, 3.63) is 0 Å². The number of aliphatic hydroxyl groups is 1. The smallest absolute Gasteiger partial charge is 0.0765 e. The van der Waals surface area contributed by atoms with Crippen LogP contribution in [0.1, 0.15) is 38.5 Å². The van der Waals surface area contributed by atoms with Gasteiger partial charge in [-0.15, -0.1) is 0 Å². The molecule has 0 heterocycles. The maximum Gasteiger partial charge on any atom is 0.0765 e. The zero-order valence-corrected chi connectivity index (χ0v) is 9.28. The standard InChI is InChI=1S/C10H21NOS/c1-13-9(5-4-8-11)10(12)6-2-3-7-10/h9,12H,2-8,11H2,1H3. The van der Waals surface area contributed by atoms with Crippen LogP contribution < -0.4 is 5.73 Å². The van der Waals surface area contributed by atoms with Gasteiger partial charge in [0.2, 0.25) is 0 Å². The molecule has 1 atom stereocenters. The molecule has 2 nitrogen and oxygen atoms in total. The van der Waals surface area contributed by atoms with Crippen LogP contribution in [0, 0.1) is 0 Å². The highest BCUT2D eigenvalue weighted by Crippen LogP contribution is 2.39. The van der Waals surface area contributed by atoms with Crippen molar-refractivity contribution in [2.45, 2.75) is 49.4 Å². The van der Waals surface area contributed by atoms with Gasteiger partial charge >= 0.3 is 0 Å². The van der Waals surface area contributed by atoms with Gasteiger partial charge in [0.25, 0.3) is 0 Å². The van der Waals surface area contributed by atoms with E-state index in [0.717, 1.165) is 32.2 Å². The molecule has 78 valence electrons. The molecule has 1 unspecified atom stereocenters. The molecule has 1 aliphatic rings. The molecule has 0 aromatic carbocycles. The molecule has 1 saturated carbocycles. The highest BCUT2D eigenvalue weighted by atomic mass is 32.2. The Morgan fingerprint density at radius 1 is 1.46 bits per heavy atom. The van der Waals surface area contributed by atoms with Crippen LogP contribution in [0.25, 0.3) is 0 Å². The zero-order valence-electron chi connectivity index (χ0n) is 8.46. The number of hydrogen-bond donors (Lipinski definition) is 2. The molecule has 13 heavy (non-hydrogen) atoms. The van der Waals surface area contributed by atoms with Crippen LogP contribution in [0.15, 0.2) is 0 Å². The monoisotopic (exact) mass is 203 g/mol. The van der Waals surface area contributed by atoms with E-state index in [1.807, 2.05) is 0 Å². The van der Waals surface area contributed by atoms with Crippen molar-refractivity contribution < 1.29 is 5.11 Å². The molecule has 0 aromatic rings. The molecule has 0 bridgehead atoms. The van der Waals surface area contributed by atoms with Gasteiger partial charge in [0.05, 0.1) is 5.60 Å². The summed E-state index contributed by atoms with van der Waals surface area (Å²) in [5.74, 6) is 0. The molecule has 3 heteroatoms. The maximum absolute atomic E-state index is 10.3. The predicted molar refractivity (Wildman–Crippen MR) is 59.0 cm³/mol. The Balaban J connectivity index is 2.43. The van der Waals surface area contributed by atoms with Gasteiger partial charge in [0.15, 0.2) is 0 Å². The summed E-state index contributed by atoms with van der Waals surface area (Å²) in [5, 5.41) is 10.7. The van der Waals surface area contributed by atoms with Crippen LogP contribution in [0.5, 0.6) is 0 Å². The third-order valence-corrected chi connectivity index (χ3v) is 4.27. The second-order valence-corrected chi connectivity index (χ2v) is 5.01. The zero-order chi connectivity index (χ0) is 9.73. The Morgan fingerprint density at radius 2 is 2.08 bits per heavy atom. The van der Waals surface area contributed by atoms with Crippen molar-refractivity contribution >= 4 is 11.8 Å². The Labute approximate surface area is 85.3 Å². The van der Waals surface area contributed by atoms with Crippen molar-refractivity contribution in [3.8, 4) is 0 Å². The molecule has 0 radical (unpaired) electrons. The summed E-state index contributed by atoms with van der Waals surface area (Å²) in [6, 6.07) is 0. The maximum atomic E-state index is 10.3. The lowest BCUT2D eigenvalue weighted by Gasteiger charge is -2.31. The molecule has 1 aliphatic carbocycles. The topological polar surface area (TPSA) is 46.2 Å². The van der Waals surface area contributed by atoms with Gasteiger partial charge in [-0.25, -0.2) is 0 Å². The first-order valence-corrected chi connectivity index (χ1v) is 6.47. The molecular formula is C10H21NOS. The molecular weight excluding hydrogens is 182 g/mol. The van der Waals surface area contributed by atoms with E-state index in [0.29, 0.717) is 5.25 Å². The summed E-state index contributed by atoms with van der Waals surface area (Å²) in [7, 11) is 0. The Kier molecular flexibility index (Phi) is 4.56. The number of rotatable bonds is 5. The molecule has 0 amide bonds. The lowest BCUT2D eigenvalue weighted by Crippen LogP contribution is -2.37. The molecule has 0 spiro atoms. The largest absolute Gasteiger partial charge is 0.389 e. The summed E-state index contributed by atoms with van der Waals surface area (Å²) >= 11 is 1.80. The second-order valence-electron chi connectivity index (χ2n) is 3.97. The van der Waals surface area contributed by atoms with E-state index in [1.165, 1.54) is 12.8 Å². The second kappa shape index (κ2) is 5.23. The number of nitrogens with two attached hydrogens (primary N) is 1. The van der Waals surface area contributed by atoms with E-state index in [-0.39, 0.29) is 5.60 Å². The van der Waals surface area contributed by atoms with E-state index in [1.54, 1.807) is 11.8 Å². The molecule has 0 aliphatic heterocycles. The molecule has 0 aromatic heterocycles. The van der Waals surface area contributed by atoms with Gasteiger partial charge in [0, 0.05) is 5.25 Å². The molecule has 1 rings (SSSR count). The van der Waals surface area contributed by atoms with Gasteiger partial charge in [-0.05, 0) is 38.5 Å². The average Bonchev–Trinajstić information content (AvgIpc) is 2.54. The first-order valence-electron chi connectivity index (χ1n) is 5.18. The number of hydrogen-bond acceptors (Lipinski definition) is 3. The van der Waals surface area contributed by atoms with Crippen LogP contribution in [-0.2, 0) is 0 Å². The van der Waals surface area contributed by atoms with E-state index < -0.39 is 0 Å². The fourth-order valence-electron chi connectivity index (χ4n) is 2.22. The molecule has 3 N–H and O–H groups in total. The first-order chi connectivity index (χ1) is 6.23. The summed E-state index contributed by atoms with van der Waals surface area (Å²) in [6.07, 6.45) is 8.55. The third-order valence-electron chi connectivity index (χ3n) is 3.02. The van der Waals surface area contributed by atoms with Crippen LogP contribution in [0.3, 0.4) is 0 Å². The van der Waals surface area contributed by atoms with Crippen LogP contribution in [0.4, 0.5) is 0 Å². The molecule has 0 saturated heterocycles. The minimum Gasteiger partial charge on any atom is -0.389 e. The number of thioether (sulfide) groups is 1. The van der Waals surface area contributed by atoms with Crippen LogP contribution >= 0.6 is 11.8 Å². The lowest BCUT2D eigenvalue weighted by molar-refractivity contribution is 0.0429. The fraction of sp³-hybridized carbons (Fsp3) is 1.00. The normalized spacial score (nSPS) is 23.3. The highest BCUT2D eigenvalue weighted by molar-refractivity contribution is 7.99. The van der Waals surface area contributed by atoms with E-state index >= 15 is 0 Å². The van der Waals surface area contributed by atoms with E-state index in [2.05, 4.69) is 6.26 Å². The van der Waals surface area contributed by atoms with Gasteiger partial charge in [-0.1, -0.05) is 12.8 Å². The minimum absolute atomic E-state index is 0.380. The Bertz CT molecular complexity index is 146. The predicted octanol–water partition coefficient (Wildman–Crippen LogP) is 1.76.